The number of thiophene rings is 1. The van der Waals surface area contributed by atoms with Crippen molar-refractivity contribution in [3.63, 3.8) is 0 Å². The van der Waals surface area contributed by atoms with E-state index in [1.807, 2.05) is 29.6 Å². The molecule has 23 heavy (non-hydrogen) atoms. The summed E-state index contributed by atoms with van der Waals surface area (Å²) in [4.78, 5) is 1.63. The van der Waals surface area contributed by atoms with Crippen molar-refractivity contribution in [3.05, 3.63) is 51.7 Å². The van der Waals surface area contributed by atoms with Crippen molar-refractivity contribution in [3.8, 4) is 0 Å². The Balaban J connectivity index is 1.69. The second kappa shape index (κ2) is 6.04. The highest BCUT2D eigenvalue weighted by molar-refractivity contribution is 7.89. The van der Waals surface area contributed by atoms with Crippen LogP contribution >= 0.6 is 11.3 Å². The Labute approximate surface area is 142 Å². The molecule has 3 nitrogen and oxygen atoms in total. The number of aryl methyl sites for hydroxylation is 2. The summed E-state index contributed by atoms with van der Waals surface area (Å²) in [7, 11) is -3.41. The molecule has 122 valence electrons. The van der Waals surface area contributed by atoms with Crippen LogP contribution in [-0.2, 0) is 22.9 Å². The fourth-order valence-electron chi connectivity index (χ4n) is 3.80. The molecule has 1 aliphatic carbocycles. The molecule has 0 N–H and O–H groups in total. The van der Waals surface area contributed by atoms with Gasteiger partial charge in [-0.2, -0.15) is 4.31 Å². The highest BCUT2D eigenvalue weighted by Gasteiger charge is 2.36. The number of hydrogen-bond donors (Lipinski definition) is 0. The van der Waals surface area contributed by atoms with Gasteiger partial charge in [0, 0.05) is 11.4 Å². The van der Waals surface area contributed by atoms with Crippen LogP contribution in [0.1, 0.15) is 47.7 Å². The fourth-order valence-corrected chi connectivity index (χ4v) is 6.46. The van der Waals surface area contributed by atoms with Crippen LogP contribution in [0.25, 0.3) is 0 Å². The van der Waals surface area contributed by atoms with Crippen LogP contribution < -0.4 is 0 Å². The maximum absolute atomic E-state index is 13.2. The molecule has 1 saturated heterocycles. The van der Waals surface area contributed by atoms with E-state index < -0.39 is 10.0 Å². The van der Waals surface area contributed by atoms with Crippen molar-refractivity contribution in [2.75, 3.05) is 6.54 Å². The zero-order valence-corrected chi connectivity index (χ0v) is 14.7. The monoisotopic (exact) mass is 347 g/mol. The number of benzene rings is 1. The van der Waals surface area contributed by atoms with Crippen molar-refractivity contribution in [2.45, 2.75) is 49.5 Å². The molecule has 0 radical (unpaired) electrons. The zero-order chi connectivity index (χ0) is 15.9. The second-order valence-corrected chi connectivity index (χ2v) is 9.30. The summed E-state index contributed by atoms with van der Waals surface area (Å²) in [5.74, 6) is 0. The lowest BCUT2D eigenvalue weighted by atomic mass is 9.92. The number of rotatable bonds is 3. The molecule has 2 heterocycles. The van der Waals surface area contributed by atoms with E-state index in [1.165, 1.54) is 17.5 Å². The maximum Gasteiger partial charge on any atom is 0.243 e. The minimum atomic E-state index is -3.41. The summed E-state index contributed by atoms with van der Waals surface area (Å²) in [5, 5.41) is 2.03. The van der Waals surface area contributed by atoms with Crippen LogP contribution in [0.4, 0.5) is 0 Å². The minimum Gasteiger partial charge on any atom is -0.207 e. The first-order chi connectivity index (χ1) is 11.2. The Kier molecular flexibility index (Phi) is 4.03. The number of sulfonamides is 1. The van der Waals surface area contributed by atoms with Crippen LogP contribution in [0.3, 0.4) is 0 Å². The number of nitrogens with zero attached hydrogens (tertiary/aromatic N) is 1. The Morgan fingerprint density at radius 2 is 1.87 bits per heavy atom. The van der Waals surface area contributed by atoms with Crippen molar-refractivity contribution < 1.29 is 8.42 Å². The van der Waals surface area contributed by atoms with E-state index >= 15 is 0 Å². The van der Waals surface area contributed by atoms with Gasteiger partial charge in [0.2, 0.25) is 10.0 Å². The Hall–Kier alpha value is -1.17. The van der Waals surface area contributed by atoms with Crippen LogP contribution in [0.2, 0.25) is 0 Å². The topological polar surface area (TPSA) is 37.4 Å². The summed E-state index contributed by atoms with van der Waals surface area (Å²) in [6.45, 7) is 0.627. The highest BCUT2D eigenvalue weighted by atomic mass is 32.2. The average Bonchev–Trinajstić information content (AvgIpc) is 3.25. The Morgan fingerprint density at radius 1 is 1.04 bits per heavy atom. The summed E-state index contributed by atoms with van der Waals surface area (Å²) in [5.41, 5.74) is 2.55. The van der Waals surface area contributed by atoms with Crippen molar-refractivity contribution in [1.29, 1.82) is 0 Å². The lowest BCUT2D eigenvalue weighted by molar-refractivity contribution is 0.401. The van der Waals surface area contributed by atoms with Gasteiger partial charge in [-0.25, -0.2) is 8.42 Å². The molecule has 4 rings (SSSR count). The minimum absolute atomic E-state index is 0.0102. The van der Waals surface area contributed by atoms with Gasteiger partial charge in [0.05, 0.1) is 10.9 Å². The van der Waals surface area contributed by atoms with E-state index in [0.29, 0.717) is 11.4 Å². The molecule has 1 aromatic carbocycles. The molecule has 0 bridgehead atoms. The van der Waals surface area contributed by atoms with E-state index in [1.54, 1.807) is 15.6 Å². The third-order valence-electron chi connectivity index (χ3n) is 5.00. The first-order valence-electron chi connectivity index (χ1n) is 8.33. The predicted octanol–water partition coefficient (Wildman–Crippen LogP) is 4.15. The van der Waals surface area contributed by atoms with Crippen LogP contribution in [0, 0.1) is 0 Å². The predicted molar refractivity (Wildman–Crippen MR) is 93.3 cm³/mol. The van der Waals surface area contributed by atoms with Crippen molar-refractivity contribution in [1.82, 2.24) is 4.31 Å². The molecule has 2 aromatic rings. The van der Waals surface area contributed by atoms with Gasteiger partial charge in [-0.15, -0.1) is 11.3 Å². The van der Waals surface area contributed by atoms with E-state index in [2.05, 4.69) is 6.07 Å². The van der Waals surface area contributed by atoms with Gasteiger partial charge < -0.3 is 0 Å². The molecule has 0 spiro atoms. The van der Waals surface area contributed by atoms with Gasteiger partial charge in [0.1, 0.15) is 0 Å². The lowest BCUT2D eigenvalue weighted by Gasteiger charge is -2.24. The summed E-state index contributed by atoms with van der Waals surface area (Å²) in [6, 6.07) is 9.82. The van der Waals surface area contributed by atoms with Crippen molar-refractivity contribution in [2.24, 2.45) is 0 Å². The third kappa shape index (κ3) is 2.75. The van der Waals surface area contributed by atoms with Crippen LogP contribution in [-0.4, -0.2) is 19.3 Å². The van der Waals surface area contributed by atoms with Gasteiger partial charge in [-0.3, -0.25) is 0 Å². The van der Waals surface area contributed by atoms with Gasteiger partial charge in [0.25, 0.3) is 0 Å². The standard InChI is InChI=1S/C18H21NO2S2/c20-23(21,16-10-9-14-5-1-2-6-15(14)13-16)19-11-3-7-17(19)18-8-4-12-22-18/h4,8-10,12-13,17H,1-3,5-7,11H2/t17-/m0/s1. The summed E-state index contributed by atoms with van der Waals surface area (Å²) >= 11 is 1.65. The van der Waals surface area contributed by atoms with Crippen LogP contribution in [0.15, 0.2) is 40.6 Å². The first kappa shape index (κ1) is 15.4. The summed E-state index contributed by atoms with van der Waals surface area (Å²) < 4.78 is 28.0. The molecule has 1 fully saturated rings. The molecule has 1 atom stereocenters. The fraction of sp³-hybridized carbons (Fsp3) is 0.444. The van der Waals surface area contributed by atoms with Gasteiger partial charge >= 0.3 is 0 Å². The third-order valence-corrected chi connectivity index (χ3v) is 7.88. The molecule has 1 aromatic heterocycles. The average molecular weight is 348 g/mol. The molecule has 2 aliphatic rings. The van der Waals surface area contributed by atoms with Gasteiger partial charge in [0.15, 0.2) is 0 Å². The SMILES string of the molecule is O=S(=O)(c1ccc2c(c1)CCCC2)N1CCC[C@H]1c1cccs1. The zero-order valence-electron chi connectivity index (χ0n) is 13.1. The molecular formula is C18H21NO2S2. The van der Waals surface area contributed by atoms with E-state index in [0.717, 1.165) is 37.0 Å². The maximum atomic E-state index is 13.2. The quantitative estimate of drug-likeness (QED) is 0.836. The molecule has 0 amide bonds. The van der Waals surface area contributed by atoms with Gasteiger partial charge in [-0.1, -0.05) is 12.1 Å². The van der Waals surface area contributed by atoms with Crippen molar-refractivity contribution >= 4 is 21.4 Å². The normalized spacial score (nSPS) is 22.2. The largest absolute Gasteiger partial charge is 0.243 e. The number of fused-ring (bicyclic) bond motifs is 1. The Bertz CT molecular complexity index is 796. The molecule has 0 saturated carbocycles. The molecule has 1 aliphatic heterocycles. The molecule has 0 unspecified atom stereocenters. The van der Waals surface area contributed by atoms with E-state index in [9.17, 15) is 8.42 Å². The first-order valence-corrected chi connectivity index (χ1v) is 10.7. The lowest BCUT2D eigenvalue weighted by Crippen LogP contribution is -2.30. The smallest absolute Gasteiger partial charge is 0.207 e. The number of hydrogen-bond acceptors (Lipinski definition) is 3. The van der Waals surface area contributed by atoms with E-state index in [-0.39, 0.29) is 6.04 Å². The molecular weight excluding hydrogens is 326 g/mol. The Morgan fingerprint density at radius 3 is 2.65 bits per heavy atom. The van der Waals surface area contributed by atoms with Gasteiger partial charge in [-0.05, 0) is 73.2 Å². The molecule has 5 heteroatoms. The summed E-state index contributed by atoms with van der Waals surface area (Å²) in [6.07, 6.45) is 6.32. The highest BCUT2D eigenvalue weighted by Crippen LogP contribution is 2.38. The second-order valence-electron chi connectivity index (χ2n) is 6.43. The van der Waals surface area contributed by atoms with Crippen LogP contribution in [0.5, 0.6) is 0 Å². The van der Waals surface area contributed by atoms with E-state index in [4.69, 9.17) is 0 Å².